The summed E-state index contributed by atoms with van der Waals surface area (Å²) in [6, 6.07) is 1.16. The summed E-state index contributed by atoms with van der Waals surface area (Å²) in [5.41, 5.74) is 8.94. The van der Waals surface area contributed by atoms with Crippen molar-refractivity contribution in [3.05, 3.63) is 29.3 Å². The van der Waals surface area contributed by atoms with Crippen LogP contribution in [-0.2, 0) is 0 Å². The third-order valence-corrected chi connectivity index (χ3v) is 2.06. The lowest BCUT2D eigenvalue weighted by Gasteiger charge is -2.08. The lowest BCUT2D eigenvalue weighted by Crippen LogP contribution is -2.37. The molecule has 18 heavy (non-hydrogen) atoms. The molecule has 0 atom stereocenters. The number of urea groups is 1. The van der Waals surface area contributed by atoms with Crippen LogP contribution in [0.3, 0.4) is 0 Å². The van der Waals surface area contributed by atoms with Gasteiger partial charge in [-0.05, 0) is 12.1 Å². The first-order valence-electron chi connectivity index (χ1n) is 4.98. The Morgan fingerprint density at radius 1 is 1.17 bits per heavy atom. The van der Waals surface area contributed by atoms with Crippen molar-refractivity contribution >= 4 is 17.6 Å². The Balaban J connectivity index is 2.67. The minimum atomic E-state index is -1.12. The maximum atomic E-state index is 13.4. The van der Waals surface area contributed by atoms with Crippen molar-refractivity contribution in [2.45, 2.75) is 0 Å². The van der Waals surface area contributed by atoms with E-state index >= 15 is 0 Å². The number of halogens is 2. The number of nitrogen functional groups attached to an aromatic ring is 1. The van der Waals surface area contributed by atoms with Gasteiger partial charge in [0.15, 0.2) is 5.82 Å². The van der Waals surface area contributed by atoms with E-state index in [2.05, 4.69) is 10.6 Å². The lowest BCUT2D eigenvalue weighted by molar-refractivity contribution is 0.0945. The molecule has 0 bridgehead atoms. The predicted molar refractivity (Wildman–Crippen MR) is 60.7 cm³/mol. The lowest BCUT2D eigenvalue weighted by atomic mass is 10.1. The van der Waals surface area contributed by atoms with Gasteiger partial charge in [-0.3, -0.25) is 4.79 Å². The number of carbonyl (C=O) groups is 2. The number of nitrogens with one attached hydrogen (secondary N) is 2. The van der Waals surface area contributed by atoms with Gasteiger partial charge in [0.1, 0.15) is 11.4 Å². The van der Waals surface area contributed by atoms with Gasteiger partial charge < -0.3 is 22.1 Å². The molecule has 6 N–H and O–H groups in total. The molecule has 1 aromatic carbocycles. The number of nitrogens with two attached hydrogens (primary N) is 2. The van der Waals surface area contributed by atoms with Crippen molar-refractivity contribution in [1.82, 2.24) is 10.6 Å². The summed E-state index contributed by atoms with van der Waals surface area (Å²) in [5, 5.41) is 4.42. The fourth-order valence-corrected chi connectivity index (χ4v) is 1.23. The van der Waals surface area contributed by atoms with Crippen LogP contribution in [0.25, 0.3) is 0 Å². The minimum absolute atomic E-state index is 0.0184. The standard InChI is InChI=1S/C10H12F2N4O2/c11-5-1-2-6(13)8(12)7(5)9(17)15-3-4-16-10(14)18/h1-2H,3-4,13H2,(H,15,17)(H3,14,16,18). The molecule has 0 aliphatic rings. The molecule has 1 rings (SSSR count). The highest BCUT2D eigenvalue weighted by atomic mass is 19.1. The number of hydrogen-bond acceptors (Lipinski definition) is 3. The Kier molecular flexibility index (Phi) is 4.41. The molecule has 0 heterocycles. The van der Waals surface area contributed by atoms with Crippen LogP contribution in [0.2, 0.25) is 0 Å². The Bertz CT molecular complexity index is 479. The van der Waals surface area contributed by atoms with Crippen molar-refractivity contribution in [3.8, 4) is 0 Å². The number of carbonyl (C=O) groups excluding carboxylic acids is 2. The molecule has 0 aliphatic heterocycles. The molecule has 3 amide bonds. The Labute approximate surface area is 101 Å². The Hall–Kier alpha value is -2.38. The number of anilines is 1. The maximum Gasteiger partial charge on any atom is 0.312 e. The van der Waals surface area contributed by atoms with Gasteiger partial charge in [0, 0.05) is 13.1 Å². The number of hydrogen-bond donors (Lipinski definition) is 4. The van der Waals surface area contributed by atoms with E-state index < -0.39 is 29.1 Å². The third-order valence-electron chi connectivity index (χ3n) is 2.06. The van der Waals surface area contributed by atoms with Gasteiger partial charge >= 0.3 is 6.03 Å². The molecule has 0 spiro atoms. The molecular formula is C10H12F2N4O2. The topological polar surface area (TPSA) is 110 Å². The molecule has 0 saturated heterocycles. The molecular weight excluding hydrogens is 246 g/mol. The second-order valence-electron chi connectivity index (χ2n) is 3.37. The van der Waals surface area contributed by atoms with Crippen molar-refractivity contribution in [2.24, 2.45) is 5.73 Å². The molecule has 0 aliphatic carbocycles. The molecule has 0 saturated carbocycles. The van der Waals surface area contributed by atoms with E-state index in [9.17, 15) is 18.4 Å². The van der Waals surface area contributed by atoms with Crippen LogP contribution in [0.1, 0.15) is 10.4 Å². The summed E-state index contributed by atoms with van der Waals surface area (Å²) in [5.74, 6) is -3.08. The predicted octanol–water partition coefficient (Wildman–Crippen LogP) is -0.0549. The van der Waals surface area contributed by atoms with E-state index in [0.717, 1.165) is 12.1 Å². The molecule has 0 fully saturated rings. The fourth-order valence-electron chi connectivity index (χ4n) is 1.23. The summed E-state index contributed by atoms with van der Waals surface area (Å²) < 4.78 is 26.7. The first-order chi connectivity index (χ1) is 8.43. The quantitative estimate of drug-likeness (QED) is 0.448. The SMILES string of the molecule is NC(=O)NCCNC(=O)c1c(F)ccc(N)c1F. The normalized spacial score (nSPS) is 9.89. The third kappa shape index (κ3) is 3.30. The first-order valence-corrected chi connectivity index (χ1v) is 4.98. The second-order valence-corrected chi connectivity index (χ2v) is 3.37. The van der Waals surface area contributed by atoms with Gasteiger partial charge in [-0.1, -0.05) is 0 Å². The molecule has 8 heteroatoms. The van der Waals surface area contributed by atoms with Crippen molar-refractivity contribution in [2.75, 3.05) is 18.8 Å². The maximum absolute atomic E-state index is 13.4. The number of rotatable bonds is 4. The van der Waals surface area contributed by atoms with Gasteiger partial charge in [0.2, 0.25) is 0 Å². The van der Waals surface area contributed by atoms with Gasteiger partial charge in [0.25, 0.3) is 5.91 Å². The van der Waals surface area contributed by atoms with Gasteiger partial charge in [-0.25, -0.2) is 13.6 Å². The zero-order valence-corrected chi connectivity index (χ0v) is 9.30. The Morgan fingerprint density at radius 3 is 2.39 bits per heavy atom. The second kappa shape index (κ2) is 5.80. The van der Waals surface area contributed by atoms with E-state index in [1.807, 2.05) is 0 Å². The summed E-state index contributed by atoms with van der Waals surface area (Å²) in [6.45, 7) is 0.0298. The van der Waals surface area contributed by atoms with Crippen molar-refractivity contribution in [1.29, 1.82) is 0 Å². The van der Waals surface area contributed by atoms with Gasteiger partial charge in [-0.2, -0.15) is 0 Å². The number of primary amides is 1. The van der Waals surface area contributed by atoms with E-state index in [0.29, 0.717) is 0 Å². The van der Waals surface area contributed by atoms with Gasteiger partial charge in [-0.15, -0.1) is 0 Å². The summed E-state index contributed by atoms with van der Waals surface area (Å²) >= 11 is 0. The number of amides is 3. The summed E-state index contributed by atoms with van der Waals surface area (Å²) in [7, 11) is 0. The van der Waals surface area contributed by atoms with Crippen LogP contribution < -0.4 is 22.1 Å². The van der Waals surface area contributed by atoms with Crippen LogP contribution in [0.5, 0.6) is 0 Å². The number of benzene rings is 1. The largest absolute Gasteiger partial charge is 0.396 e. The molecule has 6 nitrogen and oxygen atoms in total. The molecule has 1 aromatic rings. The van der Waals surface area contributed by atoms with E-state index in [1.165, 1.54) is 0 Å². The van der Waals surface area contributed by atoms with Gasteiger partial charge in [0.05, 0.1) is 5.69 Å². The highest BCUT2D eigenvalue weighted by Gasteiger charge is 2.18. The monoisotopic (exact) mass is 258 g/mol. The summed E-state index contributed by atoms with van der Waals surface area (Å²) in [6.07, 6.45) is 0. The van der Waals surface area contributed by atoms with Crippen molar-refractivity contribution in [3.63, 3.8) is 0 Å². The smallest absolute Gasteiger partial charge is 0.312 e. The minimum Gasteiger partial charge on any atom is -0.396 e. The fraction of sp³-hybridized carbons (Fsp3) is 0.200. The average Bonchev–Trinajstić information content (AvgIpc) is 2.30. The molecule has 98 valence electrons. The highest BCUT2D eigenvalue weighted by Crippen LogP contribution is 2.18. The van der Waals surface area contributed by atoms with Crippen molar-refractivity contribution < 1.29 is 18.4 Å². The van der Waals surface area contributed by atoms with Crippen LogP contribution in [0.15, 0.2) is 12.1 Å². The first kappa shape index (κ1) is 13.7. The van der Waals surface area contributed by atoms with E-state index in [4.69, 9.17) is 11.5 Å². The van der Waals surface area contributed by atoms with E-state index in [-0.39, 0.29) is 18.8 Å². The van der Waals surface area contributed by atoms with Crippen LogP contribution >= 0.6 is 0 Å². The van der Waals surface area contributed by atoms with Crippen LogP contribution in [0, 0.1) is 11.6 Å². The molecule has 0 unspecified atom stereocenters. The highest BCUT2D eigenvalue weighted by molar-refractivity contribution is 5.95. The van der Waals surface area contributed by atoms with Crippen LogP contribution in [-0.4, -0.2) is 25.0 Å². The Morgan fingerprint density at radius 2 is 1.78 bits per heavy atom. The zero-order valence-electron chi connectivity index (χ0n) is 9.30. The molecule has 0 aromatic heterocycles. The van der Waals surface area contributed by atoms with E-state index in [1.54, 1.807) is 0 Å². The van der Waals surface area contributed by atoms with Crippen LogP contribution in [0.4, 0.5) is 19.3 Å². The average molecular weight is 258 g/mol. The molecule has 0 radical (unpaired) electrons. The zero-order chi connectivity index (χ0) is 13.7. The summed E-state index contributed by atoms with van der Waals surface area (Å²) in [4.78, 5) is 21.8.